The summed E-state index contributed by atoms with van der Waals surface area (Å²) in [5, 5.41) is 3.78. The Morgan fingerprint density at radius 1 is 1.20 bits per heavy atom. The lowest BCUT2D eigenvalue weighted by molar-refractivity contribution is -0.0708. The van der Waals surface area contributed by atoms with E-state index in [1.54, 1.807) is 0 Å². The Labute approximate surface area is 93.8 Å². The lowest BCUT2D eigenvalue weighted by Gasteiger charge is -2.48. The van der Waals surface area contributed by atoms with Gasteiger partial charge in [-0.25, -0.2) is 0 Å². The van der Waals surface area contributed by atoms with E-state index < -0.39 is 0 Å². The maximum absolute atomic E-state index is 6.02. The monoisotopic (exact) mass is 211 g/mol. The minimum atomic E-state index is 0.276. The summed E-state index contributed by atoms with van der Waals surface area (Å²) in [4.78, 5) is 0. The van der Waals surface area contributed by atoms with Crippen LogP contribution in [0.1, 0.15) is 52.4 Å². The fourth-order valence-corrected chi connectivity index (χ4v) is 3.24. The van der Waals surface area contributed by atoms with Gasteiger partial charge in [0, 0.05) is 12.1 Å². The van der Waals surface area contributed by atoms with E-state index in [4.69, 9.17) is 4.74 Å². The van der Waals surface area contributed by atoms with Gasteiger partial charge in [0.1, 0.15) is 0 Å². The molecule has 2 unspecified atom stereocenters. The molecule has 2 fully saturated rings. The van der Waals surface area contributed by atoms with E-state index in [0.29, 0.717) is 12.0 Å². The fraction of sp³-hybridized carbons (Fsp3) is 1.00. The first-order chi connectivity index (χ1) is 7.26. The topological polar surface area (TPSA) is 21.3 Å². The van der Waals surface area contributed by atoms with Crippen LogP contribution in [-0.4, -0.2) is 24.8 Å². The van der Waals surface area contributed by atoms with Gasteiger partial charge in [-0.1, -0.05) is 20.3 Å². The molecule has 2 heteroatoms. The Morgan fingerprint density at radius 2 is 2.07 bits per heavy atom. The number of hydrogen-bond acceptors (Lipinski definition) is 2. The van der Waals surface area contributed by atoms with Gasteiger partial charge in [-0.05, 0) is 44.6 Å². The second-order valence-electron chi connectivity index (χ2n) is 5.43. The van der Waals surface area contributed by atoms with E-state index in [0.717, 1.165) is 6.61 Å². The summed E-state index contributed by atoms with van der Waals surface area (Å²) in [6, 6.07) is 0. The summed E-state index contributed by atoms with van der Waals surface area (Å²) < 4.78 is 6.02. The second kappa shape index (κ2) is 4.84. The molecule has 15 heavy (non-hydrogen) atoms. The summed E-state index contributed by atoms with van der Waals surface area (Å²) in [7, 11) is 0. The molecule has 2 aliphatic heterocycles. The maximum atomic E-state index is 6.02. The Morgan fingerprint density at radius 3 is 2.60 bits per heavy atom. The molecule has 0 saturated carbocycles. The van der Waals surface area contributed by atoms with Crippen LogP contribution in [-0.2, 0) is 4.74 Å². The van der Waals surface area contributed by atoms with Crippen LogP contribution in [0.5, 0.6) is 0 Å². The smallest absolute Gasteiger partial charge is 0.0759 e. The zero-order valence-corrected chi connectivity index (χ0v) is 10.2. The van der Waals surface area contributed by atoms with E-state index in [1.807, 2.05) is 0 Å². The molecule has 0 aliphatic carbocycles. The van der Waals surface area contributed by atoms with Gasteiger partial charge in [0.25, 0.3) is 0 Å². The molecule has 2 rings (SSSR count). The van der Waals surface area contributed by atoms with Crippen molar-refractivity contribution in [1.29, 1.82) is 0 Å². The molecule has 2 saturated heterocycles. The van der Waals surface area contributed by atoms with Crippen molar-refractivity contribution in [2.24, 2.45) is 5.92 Å². The molecule has 2 aliphatic rings. The van der Waals surface area contributed by atoms with Crippen LogP contribution in [0.25, 0.3) is 0 Å². The van der Waals surface area contributed by atoms with Gasteiger partial charge in [0.15, 0.2) is 0 Å². The number of rotatable bonds is 2. The molecule has 0 radical (unpaired) electrons. The highest BCUT2D eigenvalue weighted by molar-refractivity contribution is 5.00. The van der Waals surface area contributed by atoms with Crippen LogP contribution in [0.15, 0.2) is 0 Å². The van der Waals surface area contributed by atoms with E-state index in [9.17, 15) is 0 Å². The first-order valence-corrected chi connectivity index (χ1v) is 6.62. The lowest BCUT2D eigenvalue weighted by Crippen LogP contribution is -2.61. The highest BCUT2D eigenvalue weighted by Gasteiger charge is 2.43. The van der Waals surface area contributed by atoms with Gasteiger partial charge in [-0.15, -0.1) is 0 Å². The van der Waals surface area contributed by atoms with E-state index >= 15 is 0 Å². The van der Waals surface area contributed by atoms with E-state index in [1.165, 1.54) is 45.1 Å². The summed E-state index contributed by atoms with van der Waals surface area (Å²) in [6.45, 7) is 6.84. The number of hydrogen-bond donors (Lipinski definition) is 1. The van der Waals surface area contributed by atoms with Crippen molar-refractivity contribution in [3.63, 3.8) is 0 Å². The Balaban J connectivity index is 2.09. The van der Waals surface area contributed by atoms with Crippen molar-refractivity contribution < 1.29 is 4.74 Å². The largest absolute Gasteiger partial charge is 0.376 e. The van der Waals surface area contributed by atoms with Crippen molar-refractivity contribution >= 4 is 0 Å². The van der Waals surface area contributed by atoms with Crippen LogP contribution >= 0.6 is 0 Å². The van der Waals surface area contributed by atoms with Crippen molar-refractivity contribution in [3.05, 3.63) is 0 Å². The van der Waals surface area contributed by atoms with Crippen LogP contribution in [0, 0.1) is 5.92 Å². The van der Waals surface area contributed by atoms with Crippen LogP contribution in [0.4, 0.5) is 0 Å². The van der Waals surface area contributed by atoms with Gasteiger partial charge >= 0.3 is 0 Å². The third-order valence-corrected chi connectivity index (χ3v) is 4.26. The summed E-state index contributed by atoms with van der Waals surface area (Å²) >= 11 is 0. The van der Waals surface area contributed by atoms with Gasteiger partial charge in [-0.3, -0.25) is 0 Å². The summed E-state index contributed by atoms with van der Waals surface area (Å²) in [5.41, 5.74) is 0.276. The maximum Gasteiger partial charge on any atom is 0.0759 e. The standard InChI is InChI=1S/C13H25NO/c1-11(2)13(8-4-5-9-14-13)12-7-3-6-10-15-12/h11-12,14H,3-10H2,1-2H3. The molecule has 2 atom stereocenters. The highest BCUT2D eigenvalue weighted by Crippen LogP contribution is 2.35. The molecule has 88 valence electrons. The highest BCUT2D eigenvalue weighted by atomic mass is 16.5. The minimum absolute atomic E-state index is 0.276. The Bertz CT molecular complexity index is 191. The normalized spacial score (nSPS) is 38.2. The van der Waals surface area contributed by atoms with Crippen LogP contribution in [0.2, 0.25) is 0 Å². The Hall–Kier alpha value is -0.0800. The summed E-state index contributed by atoms with van der Waals surface area (Å²) in [6.07, 6.45) is 8.32. The molecule has 0 spiro atoms. The van der Waals surface area contributed by atoms with E-state index in [2.05, 4.69) is 19.2 Å². The third kappa shape index (κ3) is 2.21. The van der Waals surface area contributed by atoms with Crippen molar-refractivity contribution in [2.45, 2.75) is 64.0 Å². The van der Waals surface area contributed by atoms with Crippen molar-refractivity contribution in [2.75, 3.05) is 13.2 Å². The quantitative estimate of drug-likeness (QED) is 0.758. The van der Waals surface area contributed by atoms with Gasteiger partial charge in [-0.2, -0.15) is 0 Å². The van der Waals surface area contributed by atoms with Crippen molar-refractivity contribution in [1.82, 2.24) is 5.32 Å². The molecular weight excluding hydrogens is 186 g/mol. The number of nitrogens with one attached hydrogen (secondary N) is 1. The first-order valence-electron chi connectivity index (χ1n) is 6.62. The molecule has 1 N–H and O–H groups in total. The molecule has 0 aromatic heterocycles. The van der Waals surface area contributed by atoms with Gasteiger partial charge in [0.05, 0.1) is 6.10 Å². The second-order valence-corrected chi connectivity index (χ2v) is 5.43. The van der Waals surface area contributed by atoms with E-state index in [-0.39, 0.29) is 5.54 Å². The summed E-state index contributed by atoms with van der Waals surface area (Å²) in [5.74, 6) is 0.681. The molecule has 0 amide bonds. The molecule has 0 aromatic carbocycles. The lowest BCUT2D eigenvalue weighted by atomic mass is 9.73. The number of piperidine rings is 1. The zero-order chi connectivity index (χ0) is 10.7. The van der Waals surface area contributed by atoms with Crippen molar-refractivity contribution in [3.8, 4) is 0 Å². The Kier molecular flexibility index (Phi) is 3.68. The first kappa shape index (κ1) is 11.4. The zero-order valence-electron chi connectivity index (χ0n) is 10.2. The van der Waals surface area contributed by atoms with Crippen LogP contribution < -0.4 is 5.32 Å². The molecule has 0 aromatic rings. The minimum Gasteiger partial charge on any atom is -0.376 e. The van der Waals surface area contributed by atoms with Crippen LogP contribution in [0.3, 0.4) is 0 Å². The molecule has 2 heterocycles. The predicted molar refractivity (Wildman–Crippen MR) is 63.0 cm³/mol. The molecular formula is C13H25NO. The molecule has 0 bridgehead atoms. The molecule has 2 nitrogen and oxygen atoms in total. The number of ether oxygens (including phenoxy) is 1. The van der Waals surface area contributed by atoms with Gasteiger partial charge in [0.2, 0.25) is 0 Å². The average Bonchev–Trinajstić information content (AvgIpc) is 2.31. The fourth-order valence-electron chi connectivity index (χ4n) is 3.24. The predicted octanol–water partition coefficient (Wildman–Crippen LogP) is 2.72. The third-order valence-electron chi connectivity index (χ3n) is 4.26. The average molecular weight is 211 g/mol. The van der Waals surface area contributed by atoms with Gasteiger partial charge < -0.3 is 10.1 Å². The SMILES string of the molecule is CC(C)C1(C2CCCCO2)CCCCN1.